The summed E-state index contributed by atoms with van der Waals surface area (Å²) in [5, 5.41) is 11.9. The molecule has 0 amide bonds. The summed E-state index contributed by atoms with van der Waals surface area (Å²) in [5.74, 6) is 0.658. The van der Waals surface area contributed by atoms with Gasteiger partial charge in [0, 0.05) is 5.56 Å². The van der Waals surface area contributed by atoms with Crippen molar-refractivity contribution in [3.8, 4) is 0 Å². The Labute approximate surface area is 125 Å². The van der Waals surface area contributed by atoms with Gasteiger partial charge < -0.3 is 5.11 Å². The van der Waals surface area contributed by atoms with Crippen molar-refractivity contribution in [1.29, 1.82) is 0 Å². The fraction of sp³-hybridized carbons (Fsp3) is 0.625. The van der Waals surface area contributed by atoms with Gasteiger partial charge in [0.1, 0.15) is 0 Å². The van der Waals surface area contributed by atoms with Gasteiger partial charge in [0.25, 0.3) is 0 Å². The average molecular weight is 301 g/mol. The maximum absolute atomic E-state index is 10.9. The molecule has 0 unspecified atom stereocenters. The minimum Gasteiger partial charge on any atom is -0.385 e. The Bertz CT molecular complexity index is 454. The molecule has 3 heteroatoms. The molecule has 1 N–H and O–H groups in total. The predicted octanol–water partition coefficient (Wildman–Crippen LogP) is 5.42. The minimum atomic E-state index is -0.816. The second-order valence-corrected chi connectivity index (χ2v) is 7.56. The molecule has 0 radical (unpaired) electrons. The molecule has 1 fully saturated rings. The highest BCUT2D eigenvalue weighted by atomic mass is 35.5. The van der Waals surface area contributed by atoms with Crippen molar-refractivity contribution in [2.75, 3.05) is 0 Å². The van der Waals surface area contributed by atoms with E-state index in [0.29, 0.717) is 21.4 Å². The van der Waals surface area contributed by atoms with Crippen molar-refractivity contribution in [3.05, 3.63) is 33.8 Å². The van der Waals surface area contributed by atoms with E-state index in [0.717, 1.165) is 31.2 Å². The molecule has 0 bridgehead atoms. The van der Waals surface area contributed by atoms with E-state index < -0.39 is 5.60 Å². The molecule has 1 aromatic rings. The largest absolute Gasteiger partial charge is 0.385 e. The van der Waals surface area contributed by atoms with Crippen molar-refractivity contribution < 1.29 is 5.11 Å². The van der Waals surface area contributed by atoms with Gasteiger partial charge in [-0.25, -0.2) is 0 Å². The Morgan fingerprint density at radius 3 is 2.26 bits per heavy atom. The number of hydrogen-bond acceptors (Lipinski definition) is 1. The van der Waals surface area contributed by atoms with Gasteiger partial charge in [-0.2, -0.15) is 0 Å². The van der Waals surface area contributed by atoms with Gasteiger partial charge in [-0.3, -0.25) is 0 Å². The number of halogens is 2. The number of aliphatic hydroxyl groups is 1. The fourth-order valence-corrected chi connectivity index (χ4v) is 3.57. The molecule has 0 saturated heterocycles. The molecule has 1 aliphatic carbocycles. The molecule has 1 saturated carbocycles. The van der Waals surface area contributed by atoms with Gasteiger partial charge in [0.2, 0.25) is 0 Å². The Morgan fingerprint density at radius 1 is 1.16 bits per heavy atom. The Balaban J connectivity index is 2.21. The molecule has 0 heterocycles. The summed E-state index contributed by atoms with van der Waals surface area (Å²) in [6, 6.07) is 5.51. The van der Waals surface area contributed by atoms with Crippen LogP contribution < -0.4 is 0 Å². The summed E-state index contributed by atoms with van der Waals surface area (Å²) < 4.78 is 0. The van der Waals surface area contributed by atoms with Crippen LogP contribution in [-0.2, 0) is 5.60 Å². The Hall–Kier alpha value is -0.240. The molecule has 19 heavy (non-hydrogen) atoms. The fourth-order valence-electron chi connectivity index (χ4n) is 3.09. The van der Waals surface area contributed by atoms with Gasteiger partial charge in [-0.05, 0) is 43.1 Å². The van der Waals surface area contributed by atoms with Crippen LogP contribution in [0.1, 0.15) is 52.0 Å². The van der Waals surface area contributed by atoms with Crippen LogP contribution in [0.2, 0.25) is 10.0 Å². The first kappa shape index (κ1) is 15.2. The SMILES string of the molecule is CC(C)(C)C1CCC(O)(c2cccc(Cl)c2Cl)CC1. The standard InChI is InChI=1S/C16H22Cl2O/c1-15(2,3)11-7-9-16(19,10-8-11)12-5-4-6-13(17)14(12)18/h4-6,11,19H,7-10H2,1-3H3. The molecular weight excluding hydrogens is 279 g/mol. The Kier molecular flexibility index (Phi) is 4.21. The second-order valence-electron chi connectivity index (χ2n) is 6.77. The molecule has 2 rings (SSSR count). The second kappa shape index (κ2) is 5.27. The first-order chi connectivity index (χ1) is 8.74. The quantitative estimate of drug-likeness (QED) is 0.734. The van der Waals surface area contributed by atoms with E-state index in [1.54, 1.807) is 6.07 Å². The lowest BCUT2D eigenvalue weighted by Gasteiger charge is -2.41. The van der Waals surface area contributed by atoms with Crippen LogP contribution in [-0.4, -0.2) is 5.11 Å². The topological polar surface area (TPSA) is 20.2 Å². The monoisotopic (exact) mass is 300 g/mol. The van der Waals surface area contributed by atoms with Crippen LogP contribution in [0.4, 0.5) is 0 Å². The van der Waals surface area contributed by atoms with Crippen molar-refractivity contribution in [2.45, 2.75) is 52.1 Å². The molecule has 0 aromatic heterocycles. The van der Waals surface area contributed by atoms with Crippen LogP contribution in [0.15, 0.2) is 18.2 Å². The smallest absolute Gasteiger partial charge is 0.0911 e. The molecule has 106 valence electrons. The highest BCUT2D eigenvalue weighted by Crippen LogP contribution is 2.47. The van der Waals surface area contributed by atoms with Crippen LogP contribution >= 0.6 is 23.2 Å². The maximum Gasteiger partial charge on any atom is 0.0911 e. The number of hydrogen-bond donors (Lipinski definition) is 1. The molecule has 0 spiro atoms. The lowest BCUT2D eigenvalue weighted by molar-refractivity contribution is -0.0297. The average Bonchev–Trinajstić information content (AvgIpc) is 2.32. The van der Waals surface area contributed by atoms with Gasteiger partial charge in [0.05, 0.1) is 15.6 Å². The van der Waals surface area contributed by atoms with Crippen molar-refractivity contribution in [1.82, 2.24) is 0 Å². The van der Waals surface area contributed by atoms with E-state index >= 15 is 0 Å². The lowest BCUT2D eigenvalue weighted by Crippen LogP contribution is -2.35. The van der Waals surface area contributed by atoms with Gasteiger partial charge in [-0.1, -0.05) is 56.1 Å². The van der Waals surface area contributed by atoms with E-state index in [2.05, 4.69) is 20.8 Å². The first-order valence-electron chi connectivity index (χ1n) is 6.91. The van der Waals surface area contributed by atoms with E-state index in [9.17, 15) is 5.11 Å². The molecule has 1 aliphatic rings. The van der Waals surface area contributed by atoms with Crippen LogP contribution in [0.5, 0.6) is 0 Å². The highest BCUT2D eigenvalue weighted by molar-refractivity contribution is 6.42. The normalized spacial score (nSPS) is 28.4. The molecule has 1 nitrogen and oxygen atoms in total. The van der Waals surface area contributed by atoms with Crippen LogP contribution in [0, 0.1) is 11.3 Å². The summed E-state index contributed by atoms with van der Waals surface area (Å²) in [4.78, 5) is 0. The third-order valence-corrected chi connectivity index (χ3v) is 5.31. The summed E-state index contributed by atoms with van der Waals surface area (Å²) >= 11 is 12.3. The van der Waals surface area contributed by atoms with Crippen molar-refractivity contribution in [2.24, 2.45) is 11.3 Å². The molecule has 0 atom stereocenters. The third kappa shape index (κ3) is 3.09. The zero-order valence-electron chi connectivity index (χ0n) is 11.8. The van der Waals surface area contributed by atoms with Gasteiger partial charge in [-0.15, -0.1) is 0 Å². The zero-order chi connectivity index (χ0) is 14.3. The summed E-state index contributed by atoms with van der Waals surface area (Å²) in [7, 11) is 0. The lowest BCUT2D eigenvalue weighted by atomic mass is 9.67. The molecular formula is C16H22Cl2O. The van der Waals surface area contributed by atoms with Gasteiger partial charge in [0.15, 0.2) is 0 Å². The van der Waals surface area contributed by atoms with Gasteiger partial charge >= 0.3 is 0 Å². The van der Waals surface area contributed by atoms with E-state index in [1.807, 2.05) is 12.1 Å². The third-order valence-electron chi connectivity index (χ3n) is 4.49. The predicted molar refractivity (Wildman–Crippen MR) is 81.8 cm³/mol. The van der Waals surface area contributed by atoms with E-state index in [-0.39, 0.29) is 0 Å². The number of benzene rings is 1. The van der Waals surface area contributed by atoms with Crippen molar-refractivity contribution >= 4 is 23.2 Å². The summed E-state index contributed by atoms with van der Waals surface area (Å²) in [5.41, 5.74) is 0.275. The Morgan fingerprint density at radius 2 is 1.74 bits per heavy atom. The minimum absolute atomic E-state index is 0.305. The van der Waals surface area contributed by atoms with Crippen LogP contribution in [0.25, 0.3) is 0 Å². The number of rotatable bonds is 1. The van der Waals surface area contributed by atoms with Crippen molar-refractivity contribution in [3.63, 3.8) is 0 Å². The maximum atomic E-state index is 10.9. The van der Waals surface area contributed by atoms with E-state index in [1.165, 1.54) is 0 Å². The van der Waals surface area contributed by atoms with E-state index in [4.69, 9.17) is 23.2 Å². The summed E-state index contributed by atoms with van der Waals surface area (Å²) in [6.07, 6.45) is 3.58. The zero-order valence-corrected chi connectivity index (χ0v) is 13.4. The summed E-state index contributed by atoms with van der Waals surface area (Å²) in [6.45, 7) is 6.82. The highest BCUT2D eigenvalue weighted by Gasteiger charge is 2.39. The first-order valence-corrected chi connectivity index (χ1v) is 7.66. The van der Waals surface area contributed by atoms with Crippen LogP contribution in [0.3, 0.4) is 0 Å². The molecule has 0 aliphatic heterocycles. The molecule has 1 aromatic carbocycles.